The third kappa shape index (κ3) is 1.50. The number of fused-ring (bicyclic) bond motifs is 1. The second-order valence-electron chi connectivity index (χ2n) is 3.94. The van der Waals surface area contributed by atoms with E-state index in [0.29, 0.717) is 5.92 Å². The van der Waals surface area contributed by atoms with Crippen LogP contribution < -0.4 is 4.90 Å². The summed E-state index contributed by atoms with van der Waals surface area (Å²) in [4.78, 5) is 17.3. The van der Waals surface area contributed by atoms with Crippen molar-refractivity contribution in [1.29, 1.82) is 0 Å². The Kier molecular flexibility index (Phi) is 2.23. The molecular weight excluding hydrogens is 176 g/mol. The first-order chi connectivity index (χ1) is 6.68. The van der Waals surface area contributed by atoms with Gasteiger partial charge in [0.05, 0.1) is 11.9 Å². The van der Waals surface area contributed by atoms with Crippen LogP contribution in [0.5, 0.6) is 0 Å². The summed E-state index contributed by atoms with van der Waals surface area (Å²) in [5.41, 5.74) is 2.21. The molecule has 14 heavy (non-hydrogen) atoms. The molecule has 0 aromatic carbocycles. The summed E-state index contributed by atoms with van der Waals surface area (Å²) in [6.07, 6.45) is 4.61. The Morgan fingerprint density at radius 3 is 3.14 bits per heavy atom. The number of carbonyl (C=O) groups excluding carboxylic acids is 1. The van der Waals surface area contributed by atoms with E-state index in [1.165, 1.54) is 5.56 Å². The van der Waals surface area contributed by atoms with Gasteiger partial charge in [0.2, 0.25) is 5.91 Å². The molecule has 0 saturated carbocycles. The molecule has 1 aromatic heterocycles. The monoisotopic (exact) mass is 190 g/mol. The van der Waals surface area contributed by atoms with Crippen molar-refractivity contribution in [1.82, 2.24) is 4.98 Å². The third-order valence-electron chi connectivity index (χ3n) is 2.62. The zero-order valence-electron chi connectivity index (χ0n) is 8.53. The number of hydrogen-bond acceptors (Lipinski definition) is 2. The van der Waals surface area contributed by atoms with Crippen LogP contribution >= 0.6 is 0 Å². The zero-order valence-corrected chi connectivity index (χ0v) is 8.53. The molecule has 0 saturated heterocycles. The largest absolute Gasteiger partial charge is 0.311 e. The van der Waals surface area contributed by atoms with Gasteiger partial charge in [-0.1, -0.05) is 6.92 Å². The average Bonchev–Trinajstić information content (AvgIpc) is 2.16. The van der Waals surface area contributed by atoms with Crippen LogP contribution in [0.1, 0.15) is 19.4 Å². The molecule has 0 bridgehead atoms. The molecule has 1 aliphatic heterocycles. The zero-order chi connectivity index (χ0) is 10.1. The highest BCUT2D eigenvalue weighted by molar-refractivity contribution is 5.92. The van der Waals surface area contributed by atoms with E-state index in [1.807, 2.05) is 11.0 Å². The maximum absolute atomic E-state index is 11.4. The summed E-state index contributed by atoms with van der Waals surface area (Å²) >= 11 is 0. The number of anilines is 1. The summed E-state index contributed by atoms with van der Waals surface area (Å²) in [6.45, 7) is 4.59. The lowest BCUT2D eigenvalue weighted by Gasteiger charge is -2.31. The van der Waals surface area contributed by atoms with Crippen molar-refractivity contribution < 1.29 is 4.79 Å². The van der Waals surface area contributed by atoms with E-state index in [9.17, 15) is 4.79 Å². The van der Waals surface area contributed by atoms with E-state index < -0.39 is 0 Å². The minimum atomic E-state index is 0.103. The number of carbonyl (C=O) groups is 1. The minimum Gasteiger partial charge on any atom is -0.311 e. The van der Waals surface area contributed by atoms with Crippen LogP contribution in [0.15, 0.2) is 18.5 Å². The van der Waals surface area contributed by atoms with Crippen molar-refractivity contribution in [2.24, 2.45) is 5.92 Å². The van der Waals surface area contributed by atoms with Gasteiger partial charge in [0.25, 0.3) is 0 Å². The lowest BCUT2D eigenvalue weighted by Crippen LogP contribution is -2.37. The first-order valence-electron chi connectivity index (χ1n) is 4.89. The lowest BCUT2D eigenvalue weighted by molar-refractivity contribution is -0.116. The first-order valence-corrected chi connectivity index (χ1v) is 4.89. The molecule has 1 aliphatic rings. The summed E-state index contributed by atoms with van der Waals surface area (Å²) in [6, 6.07) is 2.00. The molecule has 1 aromatic rings. The van der Waals surface area contributed by atoms with Crippen molar-refractivity contribution >= 4 is 11.6 Å². The molecule has 1 atom stereocenters. The highest BCUT2D eigenvalue weighted by atomic mass is 16.2. The molecule has 1 amide bonds. The van der Waals surface area contributed by atoms with Crippen molar-refractivity contribution in [2.75, 3.05) is 11.4 Å². The smallest absolute Gasteiger partial charge is 0.223 e. The van der Waals surface area contributed by atoms with E-state index in [2.05, 4.69) is 11.9 Å². The topological polar surface area (TPSA) is 33.2 Å². The average molecular weight is 190 g/mol. The van der Waals surface area contributed by atoms with Gasteiger partial charge in [-0.15, -0.1) is 0 Å². The highest BCUT2D eigenvalue weighted by Gasteiger charge is 2.23. The number of rotatable bonds is 0. The Morgan fingerprint density at radius 1 is 1.64 bits per heavy atom. The summed E-state index contributed by atoms with van der Waals surface area (Å²) in [5.74, 6) is 0.639. The van der Waals surface area contributed by atoms with E-state index >= 15 is 0 Å². The van der Waals surface area contributed by atoms with Crippen LogP contribution in [0.25, 0.3) is 0 Å². The van der Waals surface area contributed by atoms with Gasteiger partial charge in [-0.3, -0.25) is 9.78 Å². The van der Waals surface area contributed by atoms with Crippen molar-refractivity contribution in [3.63, 3.8) is 0 Å². The molecular formula is C11H14N2O. The summed E-state index contributed by atoms with van der Waals surface area (Å²) < 4.78 is 0. The Balaban J connectivity index is 2.43. The van der Waals surface area contributed by atoms with Gasteiger partial charge >= 0.3 is 0 Å². The number of nitrogens with zero attached hydrogens (tertiary/aromatic N) is 2. The van der Waals surface area contributed by atoms with Gasteiger partial charge in [-0.2, -0.15) is 0 Å². The molecule has 0 N–H and O–H groups in total. The fourth-order valence-electron chi connectivity index (χ4n) is 1.98. The maximum Gasteiger partial charge on any atom is 0.223 e. The van der Waals surface area contributed by atoms with Crippen molar-refractivity contribution in [3.8, 4) is 0 Å². The minimum absolute atomic E-state index is 0.103. The summed E-state index contributed by atoms with van der Waals surface area (Å²) in [7, 11) is 0. The van der Waals surface area contributed by atoms with Crippen LogP contribution in [-0.2, 0) is 11.2 Å². The van der Waals surface area contributed by atoms with Gasteiger partial charge in [0, 0.05) is 19.7 Å². The molecule has 2 rings (SSSR count). The van der Waals surface area contributed by atoms with Crippen LogP contribution in [-0.4, -0.2) is 17.4 Å². The van der Waals surface area contributed by atoms with Gasteiger partial charge in [0.15, 0.2) is 0 Å². The maximum atomic E-state index is 11.4. The summed E-state index contributed by atoms with van der Waals surface area (Å²) in [5, 5.41) is 0. The van der Waals surface area contributed by atoms with Crippen LogP contribution in [0.3, 0.4) is 0 Å². The highest BCUT2D eigenvalue weighted by Crippen LogP contribution is 2.28. The molecule has 74 valence electrons. The number of pyridine rings is 1. The van der Waals surface area contributed by atoms with E-state index in [1.54, 1.807) is 19.3 Å². The van der Waals surface area contributed by atoms with Crippen molar-refractivity contribution in [2.45, 2.75) is 20.3 Å². The van der Waals surface area contributed by atoms with Gasteiger partial charge in [0.1, 0.15) is 0 Å². The molecule has 0 radical (unpaired) electrons. The molecule has 0 aliphatic carbocycles. The lowest BCUT2D eigenvalue weighted by atomic mass is 9.95. The Bertz CT molecular complexity index is 362. The predicted molar refractivity (Wildman–Crippen MR) is 55.1 cm³/mol. The molecule has 3 heteroatoms. The van der Waals surface area contributed by atoms with Crippen molar-refractivity contribution in [3.05, 3.63) is 24.0 Å². The van der Waals surface area contributed by atoms with E-state index in [0.717, 1.165) is 18.7 Å². The van der Waals surface area contributed by atoms with Gasteiger partial charge in [-0.25, -0.2) is 0 Å². The van der Waals surface area contributed by atoms with Crippen LogP contribution in [0.4, 0.5) is 5.69 Å². The van der Waals surface area contributed by atoms with Gasteiger partial charge in [-0.05, 0) is 24.0 Å². The second kappa shape index (κ2) is 3.40. The van der Waals surface area contributed by atoms with E-state index in [4.69, 9.17) is 0 Å². The Hall–Kier alpha value is -1.38. The SMILES string of the molecule is CC(=O)N1C[C@H](C)Cc2ccncc21. The number of aromatic nitrogens is 1. The molecule has 0 fully saturated rings. The Labute approximate surface area is 83.8 Å². The van der Waals surface area contributed by atoms with Crippen LogP contribution in [0.2, 0.25) is 0 Å². The number of hydrogen-bond donors (Lipinski definition) is 0. The van der Waals surface area contributed by atoms with E-state index in [-0.39, 0.29) is 5.91 Å². The molecule has 0 unspecified atom stereocenters. The predicted octanol–water partition coefficient (Wildman–Crippen LogP) is 1.63. The standard InChI is InChI=1S/C11H14N2O/c1-8-5-10-3-4-12-6-11(10)13(7-8)9(2)14/h3-4,6,8H,5,7H2,1-2H3/t8-/m1/s1. The van der Waals surface area contributed by atoms with Crippen LogP contribution in [0, 0.1) is 5.92 Å². The first kappa shape index (κ1) is 9.19. The normalized spacial score (nSPS) is 20.4. The van der Waals surface area contributed by atoms with Gasteiger partial charge < -0.3 is 4.90 Å². The fourth-order valence-corrected chi connectivity index (χ4v) is 1.98. The fraction of sp³-hybridized carbons (Fsp3) is 0.455. The molecule has 3 nitrogen and oxygen atoms in total. The molecule has 0 spiro atoms. The Morgan fingerprint density at radius 2 is 2.43 bits per heavy atom. The molecule has 2 heterocycles. The quantitative estimate of drug-likeness (QED) is 0.623. The third-order valence-corrected chi connectivity index (χ3v) is 2.62. The number of amides is 1. The second-order valence-corrected chi connectivity index (χ2v) is 3.94.